The maximum atomic E-state index is 12.1. The van der Waals surface area contributed by atoms with Crippen LogP contribution < -0.4 is 10.6 Å². The third-order valence-electron chi connectivity index (χ3n) is 7.09. The Balaban J connectivity index is 1.59. The smallest absolute Gasteiger partial charge is 0.243 e. The third kappa shape index (κ3) is 7.61. The SMILES string of the molecule is CN(C)C(=O)CN=C(NCCN1CCOCC1)NCC1(N2CCCCC2)CCCCC1. The number of likely N-dealkylation sites (tertiary alicyclic amines) is 1. The zero-order chi connectivity index (χ0) is 21.9. The summed E-state index contributed by atoms with van der Waals surface area (Å²) in [6.07, 6.45) is 10.5. The first-order chi connectivity index (χ1) is 15.1. The van der Waals surface area contributed by atoms with Crippen LogP contribution in [0.3, 0.4) is 0 Å². The fraction of sp³-hybridized carbons (Fsp3) is 0.913. The summed E-state index contributed by atoms with van der Waals surface area (Å²) in [5, 5.41) is 7.13. The number of carbonyl (C=O) groups is 1. The number of nitrogens with zero attached hydrogens (tertiary/aromatic N) is 4. The molecule has 3 fully saturated rings. The summed E-state index contributed by atoms with van der Waals surface area (Å²) in [5.74, 6) is 0.795. The number of hydrogen-bond donors (Lipinski definition) is 2. The first kappa shape index (κ1) is 24.3. The molecule has 1 saturated carbocycles. The Morgan fingerprint density at radius 1 is 0.968 bits per heavy atom. The second-order valence-corrected chi connectivity index (χ2v) is 9.52. The molecule has 3 aliphatic rings. The molecular formula is C23H44N6O2. The number of hydrogen-bond acceptors (Lipinski definition) is 5. The number of likely N-dealkylation sites (N-methyl/N-ethyl adjacent to an activating group) is 1. The topological polar surface area (TPSA) is 72.4 Å². The second-order valence-electron chi connectivity index (χ2n) is 9.52. The molecule has 1 aliphatic carbocycles. The molecule has 0 unspecified atom stereocenters. The van der Waals surface area contributed by atoms with Crippen molar-refractivity contribution in [3.63, 3.8) is 0 Å². The van der Waals surface area contributed by atoms with Crippen LogP contribution in [0.25, 0.3) is 0 Å². The summed E-state index contributed by atoms with van der Waals surface area (Å²) in [5.41, 5.74) is 0.233. The molecule has 0 aromatic carbocycles. The first-order valence-electron chi connectivity index (χ1n) is 12.4. The van der Waals surface area contributed by atoms with Gasteiger partial charge in [-0.3, -0.25) is 14.6 Å². The van der Waals surface area contributed by atoms with Gasteiger partial charge in [0.2, 0.25) is 5.91 Å². The minimum absolute atomic E-state index is 0.0256. The van der Waals surface area contributed by atoms with E-state index >= 15 is 0 Å². The van der Waals surface area contributed by atoms with Crippen LogP contribution in [0.2, 0.25) is 0 Å². The lowest BCUT2D eigenvalue weighted by Crippen LogP contribution is -2.59. The third-order valence-corrected chi connectivity index (χ3v) is 7.09. The molecule has 0 aromatic rings. The van der Waals surface area contributed by atoms with Gasteiger partial charge in [0, 0.05) is 52.4 Å². The van der Waals surface area contributed by atoms with Crippen molar-refractivity contribution >= 4 is 11.9 Å². The van der Waals surface area contributed by atoms with Crippen molar-refractivity contribution < 1.29 is 9.53 Å². The van der Waals surface area contributed by atoms with Crippen molar-refractivity contribution in [2.24, 2.45) is 4.99 Å². The highest BCUT2D eigenvalue weighted by atomic mass is 16.5. The minimum atomic E-state index is 0.0256. The van der Waals surface area contributed by atoms with Gasteiger partial charge < -0.3 is 20.3 Å². The summed E-state index contributed by atoms with van der Waals surface area (Å²) in [4.78, 5) is 23.5. The number of aliphatic imine (C=N–C) groups is 1. The molecule has 2 saturated heterocycles. The van der Waals surface area contributed by atoms with Gasteiger partial charge >= 0.3 is 0 Å². The Bertz CT molecular complexity index is 564. The maximum Gasteiger partial charge on any atom is 0.243 e. The van der Waals surface area contributed by atoms with Crippen molar-refractivity contribution in [1.82, 2.24) is 25.3 Å². The van der Waals surface area contributed by atoms with Crippen LogP contribution in [-0.4, -0.2) is 112 Å². The van der Waals surface area contributed by atoms with Crippen LogP contribution in [0, 0.1) is 0 Å². The van der Waals surface area contributed by atoms with Gasteiger partial charge in [0.05, 0.1) is 13.2 Å². The maximum absolute atomic E-state index is 12.1. The van der Waals surface area contributed by atoms with Gasteiger partial charge in [0.1, 0.15) is 6.54 Å². The number of nitrogens with one attached hydrogen (secondary N) is 2. The predicted octanol–water partition coefficient (Wildman–Crippen LogP) is 1.13. The standard InChI is InChI=1S/C23H44N6O2/c1-27(2)21(30)19-25-22(24-11-14-28-15-17-31-18-16-28)26-20-23(9-5-3-6-10-23)29-12-7-4-8-13-29/h3-20H2,1-2H3,(H2,24,25,26). The van der Waals surface area contributed by atoms with Crippen LogP contribution in [0.5, 0.6) is 0 Å². The number of rotatable bonds is 8. The zero-order valence-electron chi connectivity index (χ0n) is 19.8. The van der Waals surface area contributed by atoms with E-state index < -0.39 is 0 Å². The molecule has 2 heterocycles. The highest BCUT2D eigenvalue weighted by Gasteiger charge is 2.38. The summed E-state index contributed by atoms with van der Waals surface area (Å²) in [6, 6.07) is 0. The number of morpholine rings is 1. The molecule has 8 heteroatoms. The lowest BCUT2D eigenvalue weighted by Gasteiger charge is -2.48. The van der Waals surface area contributed by atoms with Crippen molar-refractivity contribution in [2.45, 2.75) is 56.9 Å². The molecule has 1 amide bonds. The van der Waals surface area contributed by atoms with Crippen LogP contribution in [-0.2, 0) is 9.53 Å². The van der Waals surface area contributed by atoms with E-state index in [1.165, 1.54) is 64.5 Å². The molecule has 3 rings (SSSR count). The highest BCUT2D eigenvalue weighted by molar-refractivity contribution is 5.84. The van der Waals surface area contributed by atoms with Gasteiger partial charge in [0.25, 0.3) is 0 Å². The molecule has 0 spiro atoms. The van der Waals surface area contributed by atoms with E-state index in [0.29, 0.717) is 0 Å². The van der Waals surface area contributed by atoms with Gasteiger partial charge in [-0.2, -0.15) is 0 Å². The zero-order valence-corrected chi connectivity index (χ0v) is 19.8. The number of ether oxygens (including phenoxy) is 1. The number of carbonyl (C=O) groups excluding carboxylic acids is 1. The summed E-state index contributed by atoms with van der Waals surface area (Å²) >= 11 is 0. The van der Waals surface area contributed by atoms with Gasteiger partial charge in [-0.15, -0.1) is 0 Å². The van der Waals surface area contributed by atoms with Crippen molar-refractivity contribution in [1.29, 1.82) is 0 Å². The van der Waals surface area contributed by atoms with Crippen molar-refractivity contribution in [3.05, 3.63) is 0 Å². The molecule has 0 bridgehead atoms. The Hall–Kier alpha value is -1.38. The van der Waals surface area contributed by atoms with Crippen molar-refractivity contribution in [3.8, 4) is 0 Å². The second kappa shape index (κ2) is 12.6. The summed E-state index contributed by atoms with van der Waals surface area (Å²) in [7, 11) is 3.56. The normalized spacial score (nSPS) is 23.4. The van der Waals surface area contributed by atoms with E-state index in [4.69, 9.17) is 4.74 Å². The monoisotopic (exact) mass is 436 g/mol. The molecule has 31 heavy (non-hydrogen) atoms. The quantitative estimate of drug-likeness (QED) is 0.439. The van der Waals surface area contributed by atoms with Gasteiger partial charge in [0.15, 0.2) is 5.96 Å². The Kier molecular flexibility index (Phi) is 9.87. The fourth-order valence-electron chi connectivity index (χ4n) is 5.05. The number of guanidine groups is 1. The van der Waals surface area contributed by atoms with Crippen LogP contribution in [0.15, 0.2) is 4.99 Å². The van der Waals surface area contributed by atoms with Crippen LogP contribution >= 0.6 is 0 Å². The minimum Gasteiger partial charge on any atom is -0.379 e. The van der Waals surface area contributed by atoms with Crippen LogP contribution in [0.4, 0.5) is 0 Å². The number of amides is 1. The van der Waals surface area contributed by atoms with E-state index in [1.807, 2.05) is 0 Å². The molecule has 178 valence electrons. The fourth-order valence-corrected chi connectivity index (χ4v) is 5.05. The van der Waals surface area contributed by atoms with Gasteiger partial charge in [-0.25, -0.2) is 4.99 Å². The van der Waals surface area contributed by atoms with Gasteiger partial charge in [-0.05, 0) is 38.8 Å². The van der Waals surface area contributed by atoms with Crippen LogP contribution in [0.1, 0.15) is 51.4 Å². The lowest BCUT2D eigenvalue weighted by atomic mass is 9.79. The molecular weight excluding hydrogens is 392 g/mol. The molecule has 0 atom stereocenters. The van der Waals surface area contributed by atoms with E-state index in [1.54, 1.807) is 19.0 Å². The molecule has 8 nitrogen and oxygen atoms in total. The highest BCUT2D eigenvalue weighted by Crippen LogP contribution is 2.35. The lowest BCUT2D eigenvalue weighted by molar-refractivity contribution is -0.127. The van der Waals surface area contributed by atoms with E-state index in [9.17, 15) is 4.79 Å². The Morgan fingerprint density at radius 2 is 1.65 bits per heavy atom. The number of piperidine rings is 1. The Labute approximate surface area is 188 Å². The Morgan fingerprint density at radius 3 is 2.32 bits per heavy atom. The molecule has 2 aliphatic heterocycles. The first-order valence-corrected chi connectivity index (χ1v) is 12.4. The largest absolute Gasteiger partial charge is 0.379 e. The summed E-state index contributed by atoms with van der Waals surface area (Å²) < 4.78 is 5.44. The molecule has 2 N–H and O–H groups in total. The summed E-state index contributed by atoms with van der Waals surface area (Å²) in [6.45, 7) is 8.90. The molecule has 0 radical (unpaired) electrons. The van der Waals surface area contributed by atoms with Gasteiger partial charge in [-0.1, -0.05) is 25.7 Å². The average molecular weight is 437 g/mol. The van der Waals surface area contributed by atoms with E-state index in [-0.39, 0.29) is 18.0 Å². The van der Waals surface area contributed by atoms with Crippen molar-refractivity contribution in [2.75, 3.05) is 79.7 Å². The molecule has 0 aromatic heterocycles. The van der Waals surface area contributed by atoms with E-state index in [0.717, 1.165) is 51.9 Å². The predicted molar refractivity (Wildman–Crippen MR) is 126 cm³/mol. The average Bonchev–Trinajstić information content (AvgIpc) is 2.82. The van der Waals surface area contributed by atoms with E-state index in [2.05, 4.69) is 25.4 Å².